The lowest BCUT2D eigenvalue weighted by Gasteiger charge is -2.40. The molecular weight excluding hydrogens is 346 g/mol. The molecule has 150 valence electrons. The van der Waals surface area contributed by atoms with Crippen molar-refractivity contribution in [3.05, 3.63) is 84.4 Å². The maximum atomic E-state index is 12.1. The third kappa shape index (κ3) is 5.56. The van der Waals surface area contributed by atoms with Crippen LogP contribution in [0.3, 0.4) is 0 Å². The highest BCUT2D eigenvalue weighted by Gasteiger charge is 2.36. The third-order valence-corrected chi connectivity index (χ3v) is 5.28. The van der Waals surface area contributed by atoms with Gasteiger partial charge in [-0.3, -0.25) is 4.90 Å². The highest BCUT2D eigenvalue weighted by molar-refractivity contribution is 5.81. The molecule has 3 heteroatoms. The maximum absolute atomic E-state index is 12.1. The Balaban J connectivity index is 2.61. The summed E-state index contributed by atoms with van der Waals surface area (Å²) < 4.78 is 5.91. The Kier molecular flexibility index (Phi) is 8.96. The number of esters is 1. The van der Waals surface area contributed by atoms with Crippen molar-refractivity contribution in [2.75, 3.05) is 13.1 Å². The summed E-state index contributed by atoms with van der Waals surface area (Å²) in [5.74, 6) is -0.321. The van der Waals surface area contributed by atoms with Crippen molar-refractivity contribution in [3.63, 3.8) is 0 Å². The molecular formula is C25H33NO2. The number of hydrogen-bond donors (Lipinski definition) is 0. The summed E-state index contributed by atoms with van der Waals surface area (Å²) in [6.07, 6.45) is 2.80. The van der Waals surface area contributed by atoms with E-state index in [2.05, 4.69) is 80.8 Å². The van der Waals surface area contributed by atoms with Gasteiger partial charge < -0.3 is 4.74 Å². The number of carbonyl (C=O) groups excluding carboxylic acids is 1. The summed E-state index contributed by atoms with van der Waals surface area (Å²) in [6, 6.07) is 21.1. The van der Waals surface area contributed by atoms with Crippen molar-refractivity contribution < 1.29 is 9.53 Å². The van der Waals surface area contributed by atoms with Crippen molar-refractivity contribution in [2.45, 2.75) is 51.7 Å². The van der Waals surface area contributed by atoms with Gasteiger partial charge in [-0.1, -0.05) is 94.4 Å². The second kappa shape index (κ2) is 11.5. The van der Waals surface area contributed by atoms with E-state index >= 15 is 0 Å². The monoisotopic (exact) mass is 379 g/mol. The molecule has 0 aromatic heterocycles. The maximum Gasteiger partial charge on any atom is 0.330 e. The van der Waals surface area contributed by atoms with E-state index in [9.17, 15) is 4.79 Å². The van der Waals surface area contributed by atoms with Gasteiger partial charge in [0.15, 0.2) is 0 Å². The van der Waals surface area contributed by atoms with Crippen LogP contribution in [0, 0.1) is 0 Å². The molecule has 0 bridgehead atoms. The Bertz CT molecular complexity index is 710. The quantitative estimate of drug-likeness (QED) is 0.368. The molecule has 0 spiro atoms. The van der Waals surface area contributed by atoms with Crippen LogP contribution in [0.5, 0.6) is 0 Å². The molecule has 0 heterocycles. The van der Waals surface area contributed by atoms with E-state index in [1.165, 1.54) is 17.2 Å². The number of ether oxygens (including phenoxy) is 1. The average molecular weight is 380 g/mol. The van der Waals surface area contributed by atoms with Gasteiger partial charge in [0.1, 0.15) is 6.10 Å². The van der Waals surface area contributed by atoms with E-state index in [0.29, 0.717) is 0 Å². The molecule has 0 saturated heterocycles. The molecule has 0 aliphatic heterocycles. The van der Waals surface area contributed by atoms with Crippen molar-refractivity contribution >= 4 is 5.97 Å². The van der Waals surface area contributed by atoms with Gasteiger partial charge in [-0.2, -0.15) is 0 Å². The molecule has 2 aromatic carbocycles. The normalized spacial score (nSPS) is 14.3. The molecule has 0 aliphatic rings. The van der Waals surface area contributed by atoms with Crippen LogP contribution in [0.15, 0.2) is 73.3 Å². The number of nitrogens with zero attached hydrogens (tertiary/aromatic N) is 1. The number of likely N-dealkylation sites (N-methyl/N-ethyl adjacent to an activating group) is 1. The third-order valence-electron chi connectivity index (χ3n) is 5.28. The van der Waals surface area contributed by atoms with Crippen LogP contribution in [0.2, 0.25) is 0 Å². The lowest BCUT2D eigenvalue weighted by Crippen LogP contribution is -2.39. The lowest BCUT2D eigenvalue weighted by atomic mass is 9.80. The summed E-state index contributed by atoms with van der Waals surface area (Å²) >= 11 is 0. The second-order valence-electron chi connectivity index (χ2n) is 6.98. The topological polar surface area (TPSA) is 29.5 Å². The summed E-state index contributed by atoms with van der Waals surface area (Å²) in [6.45, 7) is 11.9. The highest BCUT2D eigenvalue weighted by Crippen LogP contribution is 2.40. The Labute approximate surface area is 170 Å². The van der Waals surface area contributed by atoms with Crippen LogP contribution in [0.1, 0.15) is 56.7 Å². The fourth-order valence-electron chi connectivity index (χ4n) is 3.98. The first-order valence-corrected chi connectivity index (χ1v) is 10.3. The first kappa shape index (κ1) is 21.9. The molecule has 0 aliphatic carbocycles. The van der Waals surface area contributed by atoms with E-state index in [4.69, 9.17) is 4.74 Å². The minimum atomic E-state index is -0.356. The van der Waals surface area contributed by atoms with Gasteiger partial charge in [0.05, 0.1) is 0 Å². The van der Waals surface area contributed by atoms with Crippen molar-refractivity contribution in [2.24, 2.45) is 0 Å². The molecule has 3 atom stereocenters. The van der Waals surface area contributed by atoms with Gasteiger partial charge in [0.2, 0.25) is 0 Å². The molecule has 2 aromatic rings. The predicted molar refractivity (Wildman–Crippen MR) is 116 cm³/mol. The minimum absolute atomic E-state index is 0.0346. The summed E-state index contributed by atoms with van der Waals surface area (Å²) in [7, 11) is 0. The largest absolute Gasteiger partial charge is 0.459 e. The average Bonchev–Trinajstić information content (AvgIpc) is 2.75. The van der Waals surface area contributed by atoms with Crippen LogP contribution in [0.25, 0.3) is 0 Å². The first-order valence-electron chi connectivity index (χ1n) is 10.3. The predicted octanol–water partition coefficient (Wildman–Crippen LogP) is 5.75. The SMILES string of the molecule is C=CC(=O)OC(CCC)C(c1ccccc1)C(c1ccccc1)N(CC)CC. The van der Waals surface area contributed by atoms with Crippen LogP contribution in [-0.2, 0) is 9.53 Å². The van der Waals surface area contributed by atoms with Gasteiger partial charge in [-0.15, -0.1) is 0 Å². The van der Waals surface area contributed by atoms with Crippen LogP contribution in [0.4, 0.5) is 0 Å². The van der Waals surface area contributed by atoms with Gasteiger partial charge in [-0.05, 0) is 30.6 Å². The first-order chi connectivity index (χ1) is 13.7. The Morgan fingerprint density at radius 3 is 1.96 bits per heavy atom. The Morgan fingerprint density at radius 2 is 1.50 bits per heavy atom. The second-order valence-corrected chi connectivity index (χ2v) is 6.98. The van der Waals surface area contributed by atoms with Crippen LogP contribution >= 0.6 is 0 Å². The lowest BCUT2D eigenvalue weighted by molar-refractivity contribution is -0.145. The fourth-order valence-corrected chi connectivity index (χ4v) is 3.98. The zero-order chi connectivity index (χ0) is 20.4. The molecule has 3 nitrogen and oxygen atoms in total. The van der Waals surface area contributed by atoms with E-state index in [-0.39, 0.29) is 24.0 Å². The van der Waals surface area contributed by atoms with Crippen LogP contribution in [-0.4, -0.2) is 30.1 Å². The van der Waals surface area contributed by atoms with Crippen molar-refractivity contribution in [3.8, 4) is 0 Å². The molecule has 0 N–H and O–H groups in total. The smallest absolute Gasteiger partial charge is 0.330 e. The van der Waals surface area contributed by atoms with Crippen molar-refractivity contribution in [1.82, 2.24) is 4.90 Å². The summed E-state index contributed by atoms with van der Waals surface area (Å²) in [5.41, 5.74) is 2.44. The molecule has 0 saturated carbocycles. The minimum Gasteiger partial charge on any atom is -0.459 e. The number of hydrogen-bond acceptors (Lipinski definition) is 3. The van der Waals surface area contributed by atoms with Crippen LogP contribution < -0.4 is 0 Å². The number of rotatable bonds is 11. The molecule has 0 fully saturated rings. The molecule has 28 heavy (non-hydrogen) atoms. The fraction of sp³-hybridized carbons (Fsp3) is 0.400. The zero-order valence-corrected chi connectivity index (χ0v) is 17.4. The van der Waals surface area contributed by atoms with Gasteiger partial charge in [-0.25, -0.2) is 4.79 Å². The van der Waals surface area contributed by atoms with E-state index in [1.54, 1.807) is 0 Å². The Hall–Kier alpha value is -2.39. The summed E-state index contributed by atoms with van der Waals surface area (Å²) in [4.78, 5) is 14.6. The van der Waals surface area contributed by atoms with E-state index in [0.717, 1.165) is 25.9 Å². The van der Waals surface area contributed by atoms with E-state index in [1.807, 2.05) is 12.1 Å². The van der Waals surface area contributed by atoms with Crippen molar-refractivity contribution in [1.29, 1.82) is 0 Å². The molecule has 3 unspecified atom stereocenters. The standard InChI is InChI=1S/C25H33NO2/c1-5-15-22(28-23(27)6-2)24(20-16-11-9-12-17-20)25(26(7-3)8-4)21-18-13-10-14-19-21/h6,9-14,16-19,22,24-25H,2,5,7-8,15H2,1,3-4H3. The van der Waals surface area contributed by atoms with Gasteiger partial charge >= 0.3 is 5.97 Å². The van der Waals surface area contributed by atoms with E-state index < -0.39 is 0 Å². The number of carbonyl (C=O) groups is 1. The van der Waals surface area contributed by atoms with Gasteiger partial charge in [0.25, 0.3) is 0 Å². The molecule has 0 amide bonds. The van der Waals surface area contributed by atoms with Gasteiger partial charge in [0, 0.05) is 18.0 Å². The zero-order valence-electron chi connectivity index (χ0n) is 17.4. The highest BCUT2D eigenvalue weighted by atomic mass is 16.5. The number of benzene rings is 2. The molecule has 0 radical (unpaired) electrons. The summed E-state index contributed by atoms with van der Waals surface area (Å²) in [5, 5.41) is 0. The Morgan fingerprint density at radius 1 is 0.964 bits per heavy atom. The molecule has 2 rings (SSSR count).